The molecule has 0 aromatic carbocycles. The average Bonchev–Trinajstić information content (AvgIpc) is 2.83. The molecule has 2 aromatic heterocycles. The molecule has 0 aliphatic rings. The quantitative estimate of drug-likeness (QED) is 0.864. The van der Waals surface area contributed by atoms with E-state index in [1.807, 2.05) is 13.0 Å². The lowest BCUT2D eigenvalue weighted by atomic mass is 10.2. The van der Waals surface area contributed by atoms with E-state index in [9.17, 15) is 4.79 Å². The van der Waals surface area contributed by atoms with Crippen LogP contribution in [0, 0.1) is 0 Å². The highest BCUT2D eigenvalue weighted by atomic mass is 16.1. The van der Waals surface area contributed by atoms with Crippen molar-refractivity contribution in [3.63, 3.8) is 0 Å². The van der Waals surface area contributed by atoms with Crippen LogP contribution in [0.1, 0.15) is 28.7 Å². The van der Waals surface area contributed by atoms with E-state index in [0.717, 1.165) is 17.7 Å². The molecule has 0 atom stereocenters. The first kappa shape index (κ1) is 12.1. The first-order chi connectivity index (χ1) is 8.74. The van der Waals surface area contributed by atoms with Gasteiger partial charge in [0.15, 0.2) is 0 Å². The molecular weight excluding hydrogens is 226 g/mol. The average molecular weight is 241 g/mol. The number of H-pyrrole nitrogens is 1. The van der Waals surface area contributed by atoms with Gasteiger partial charge in [0.2, 0.25) is 0 Å². The lowest BCUT2D eigenvalue weighted by Gasteiger charge is -2.01. The van der Waals surface area contributed by atoms with E-state index < -0.39 is 0 Å². The first-order valence-electron chi connectivity index (χ1n) is 5.81. The Bertz CT molecular complexity index is 558. The number of amides is 1. The predicted octanol–water partition coefficient (Wildman–Crippen LogP) is 2.87. The number of nitrogens with zero attached hydrogens (tertiary/aromatic N) is 1. The number of carbonyl (C=O) groups is 1. The van der Waals surface area contributed by atoms with Crippen LogP contribution < -0.4 is 5.32 Å². The zero-order valence-corrected chi connectivity index (χ0v) is 10.2. The zero-order valence-electron chi connectivity index (χ0n) is 10.2. The third-order valence-corrected chi connectivity index (χ3v) is 2.66. The molecule has 92 valence electrons. The monoisotopic (exact) mass is 241 g/mol. The van der Waals surface area contributed by atoms with Crippen LogP contribution in [0.15, 0.2) is 37.0 Å². The van der Waals surface area contributed by atoms with Gasteiger partial charge in [0.1, 0.15) is 11.5 Å². The van der Waals surface area contributed by atoms with Crippen LogP contribution >= 0.6 is 0 Å². The Labute approximate surface area is 106 Å². The fraction of sp³-hybridized carbons (Fsp3) is 0.143. The van der Waals surface area contributed by atoms with Gasteiger partial charge >= 0.3 is 0 Å². The van der Waals surface area contributed by atoms with Gasteiger partial charge in [-0.25, -0.2) is 4.98 Å². The van der Waals surface area contributed by atoms with Crippen LogP contribution in [0.5, 0.6) is 0 Å². The second-order valence-corrected chi connectivity index (χ2v) is 3.84. The van der Waals surface area contributed by atoms with Crippen molar-refractivity contribution in [2.75, 3.05) is 5.32 Å². The number of aryl methyl sites for hydroxylation is 1. The summed E-state index contributed by atoms with van der Waals surface area (Å²) < 4.78 is 0. The Hall–Kier alpha value is -2.36. The van der Waals surface area contributed by atoms with Crippen molar-refractivity contribution in [1.82, 2.24) is 9.97 Å². The minimum atomic E-state index is -0.198. The highest BCUT2D eigenvalue weighted by Crippen LogP contribution is 2.14. The minimum absolute atomic E-state index is 0.198. The van der Waals surface area contributed by atoms with Crippen molar-refractivity contribution in [1.29, 1.82) is 0 Å². The summed E-state index contributed by atoms with van der Waals surface area (Å²) in [5.41, 5.74) is 2.49. The number of anilines is 1. The molecule has 0 unspecified atom stereocenters. The number of aromatic amines is 1. The Morgan fingerprint density at radius 3 is 2.94 bits per heavy atom. The standard InChI is InChI=1S/C14H15N3O/c1-3-10-9-12(16-11(10)4-2)14(18)17-13-7-5-6-8-15-13/h3,5-9,16H,1,4H2,2H3,(H,15,17,18). The van der Waals surface area contributed by atoms with Crippen molar-refractivity contribution in [2.24, 2.45) is 0 Å². The Morgan fingerprint density at radius 1 is 1.56 bits per heavy atom. The normalized spacial score (nSPS) is 10.1. The summed E-state index contributed by atoms with van der Waals surface area (Å²) in [6.07, 6.45) is 4.21. The molecule has 0 saturated carbocycles. The largest absolute Gasteiger partial charge is 0.354 e. The first-order valence-corrected chi connectivity index (χ1v) is 5.81. The summed E-state index contributed by atoms with van der Waals surface area (Å²) in [5, 5.41) is 2.73. The second kappa shape index (κ2) is 5.31. The van der Waals surface area contributed by atoms with E-state index in [4.69, 9.17) is 0 Å². The van der Waals surface area contributed by atoms with E-state index in [-0.39, 0.29) is 5.91 Å². The van der Waals surface area contributed by atoms with E-state index in [2.05, 4.69) is 21.9 Å². The molecule has 0 saturated heterocycles. The molecule has 2 aromatic rings. The minimum Gasteiger partial charge on any atom is -0.354 e. The fourth-order valence-corrected chi connectivity index (χ4v) is 1.73. The Kier molecular flexibility index (Phi) is 3.57. The van der Waals surface area contributed by atoms with E-state index >= 15 is 0 Å². The predicted molar refractivity (Wildman–Crippen MR) is 72.5 cm³/mol. The Balaban J connectivity index is 2.19. The summed E-state index contributed by atoms with van der Waals surface area (Å²) in [6, 6.07) is 7.17. The summed E-state index contributed by atoms with van der Waals surface area (Å²) >= 11 is 0. The number of nitrogens with one attached hydrogen (secondary N) is 2. The molecule has 4 nitrogen and oxygen atoms in total. The van der Waals surface area contributed by atoms with Crippen molar-refractivity contribution < 1.29 is 4.79 Å². The lowest BCUT2D eigenvalue weighted by molar-refractivity contribution is 0.102. The van der Waals surface area contributed by atoms with Gasteiger partial charge in [-0.3, -0.25) is 4.79 Å². The fourth-order valence-electron chi connectivity index (χ4n) is 1.73. The van der Waals surface area contributed by atoms with Gasteiger partial charge in [-0.2, -0.15) is 0 Å². The summed E-state index contributed by atoms with van der Waals surface area (Å²) in [6.45, 7) is 5.76. The van der Waals surface area contributed by atoms with E-state index in [0.29, 0.717) is 11.5 Å². The molecule has 0 spiro atoms. The van der Waals surface area contributed by atoms with Crippen LogP contribution in [0.2, 0.25) is 0 Å². The molecule has 0 bridgehead atoms. The SMILES string of the molecule is C=Cc1cc(C(=O)Nc2ccccn2)[nH]c1CC. The maximum atomic E-state index is 12.0. The van der Waals surface area contributed by atoms with Crippen molar-refractivity contribution in [2.45, 2.75) is 13.3 Å². The van der Waals surface area contributed by atoms with Gasteiger partial charge in [0.25, 0.3) is 5.91 Å². The van der Waals surface area contributed by atoms with E-state index in [1.165, 1.54) is 0 Å². The van der Waals surface area contributed by atoms with Crippen LogP contribution in [0.25, 0.3) is 6.08 Å². The molecule has 2 heterocycles. The zero-order chi connectivity index (χ0) is 13.0. The molecule has 0 radical (unpaired) electrons. The molecule has 0 aliphatic heterocycles. The van der Waals surface area contributed by atoms with Gasteiger partial charge in [-0.15, -0.1) is 0 Å². The number of hydrogen-bond donors (Lipinski definition) is 2. The van der Waals surface area contributed by atoms with Gasteiger partial charge in [0.05, 0.1) is 0 Å². The van der Waals surface area contributed by atoms with Gasteiger partial charge < -0.3 is 10.3 Å². The van der Waals surface area contributed by atoms with Gasteiger partial charge in [0, 0.05) is 11.9 Å². The Morgan fingerprint density at radius 2 is 2.39 bits per heavy atom. The molecule has 0 fully saturated rings. The summed E-state index contributed by atoms with van der Waals surface area (Å²) in [7, 11) is 0. The van der Waals surface area contributed by atoms with Crippen molar-refractivity contribution in [3.05, 3.63) is 54.0 Å². The molecule has 1 amide bonds. The topological polar surface area (TPSA) is 57.8 Å². The van der Waals surface area contributed by atoms with Crippen LogP contribution in [-0.2, 0) is 6.42 Å². The lowest BCUT2D eigenvalue weighted by Crippen LogP contribution is -2.13. The van der Waals surface area contributed by atoms with E-state index in [1.54, 1.807) is 30.5 Å². The maximum Gasteiger partial charge on any atom is 0.273 e. The molecule has 0 aliphatic carbocycles. The number of carbonyl (C=O) groups excluding carboxylic acids is 1. The van der Waals surface area contributed by atoms with Crippen LogP contribution in [-0.4, -0.2) is 15.9 Å². The smallest absolute Gasteiger partial charge is 0.273 e. The maximum absolute atomic E-state index is 12.0. The third kappa shape index (κ3) is 2.48. The second-order valence-electron chi connectivity index (χ2n) is 3.84. The number of rotatable bonds is 4. The molecular formula is C14H15N3O. The third-order valence-electron chi connectivity index (χ3n) is 2.66. The van der Waals surface area contributed by atoms with Crippen molar-refractivity contribution >= 4 is 17.8 Å². The number of pyridine rings is 1. The molecule has 4 heteroatoms. The van der Waals surface area contributed by atoms with Crippen LogP contribution in [0.4, 0.5) is 5.82 Å². The number of hydrogen-bond acceptors (Lipinski definition) is 2. The molecule has 18 heavy (non-hydrogen) atoms. The van der Waals surface area contributed by atoms with Gasteiger partial charge in [-0.05, 0) is 30.2 Å². The van der Waals surface area contributed by atoms with Crippen LogP contribution in [0.3, 0.4) is 0 Å². The van der Waals surface area contributed by atoms with Crippen molar-refractivity contribution in [3.8, 4) is 0 Å². The highest BCUT2D eigenvalue weighted by molar-refractivity contribution is 6.02. The summed E-state index contributed by atoms with van der Waals surface area (Å²) in [5.74, 6) is 0.340. The summed E-state index contributed by atoms with van der Waals surface area (Å²) in [4.78, 5) is 19.1. The number of aromatic nitrogens is 2. The molecule has 2 rings (SSSR count). The highest BCUT2D eigenvalue weighted by Gasteiger charge is 2.11. The molecule has 2 N–H and O–H groups in total. The van der Waals surface area contributed by atoms with Gasteiger partial charge in [-0.1, -0.05) is 25.6 Å².